The number of fused-ring (bicyclic) bond motifs is 3. The zero-order valence-electron chi connectivity index (χ0n) is 14.8. The van der Waals surface area contributed by atoms with Crippen LogP contribution in [0.25, 0.3) is 10.9 Å². The third-order valence-corrected chi connectivity index (χ3v) is 6.56. The summed E-state index contributed by atoms with van der Waals surface area (Å²) in [4.78, 5) is 15.8. The molecule has 0 aliphatic heterocycles. The quantitative estimate of drug-likeness (QED) is 0.506. The van der Waals surface area contributed by atoms with Crippen LogP contribution in [0.3, 0.4) is 0 Å². The fourth-order valence-corrected chi connectivity index (χ4v) is 4.29. The number of rotatable bonds is 1. The van der Waals surface area contributed by atoms with E-state index < -0.39 is 5.31 Å². The Labute approximate surface area is 147 Å². The first kappa shape index (κ1) is 16.8. The molecule has 0 saturated heterocycles. The third kappa shape index (κ3) is 2.08. The number of hydrogen-bond acceptors (Lipinski definition) is 1. The molecular formula is C13H19B6ClN2O. The van der Waals surface area contributed by atoms with Gasteiger partial charge in [0.2, 0.25) is 5.91 Å². The Balaban J connectivity index is 2.54. The molecular weight excluding hydrogens is 300 g/mol. The maximum atomic E-state index is 12.2. The molecule has 3 rings (SSSR count). The molecule has 1 aromatic carbocycles. The van der Waals surface area contributed by atoms with Crippen LogP contribution in [-0.4, -0.2) is 58.0 Å². The Bertz CT molecular complexity index is 864. The summed E-state index contributed by atoms with van der Waals surface area (Å²) in [6.45, 7) is 0. The largest absolute Gasteiger partial charge is 0.369 e. The van der Waals surface area contributed by atoms with Crippen molar-refractivity contribution in [2.75, 3.05) is 0 Å². The fraction of sp³-hybridized carbons (Fsp3) is 0.308. The monoisotopic (exact) mass is 320 g/mol. The Morgan fingerprint density at radius 1 is 1.09 bits per heavy atom. The number of benzene rings is 1. The topological polar surface area (TPSA) is 58.9 Å². The molecule has 1 unspecified atom stereocenters. The second-order valence-corrected chi connectivity index (χ2v) is 8.27. The summed E-state index contributed by atoms with van der Waals surface area (Å²) in [5, 5.41) is 1.32. The van der Waals surface area contributed by atoms with E-state index in [1.807, 2.05) is 15.7 Å². The number of primary amides is 1. The molecule has 2 aromatic rings. The van der Waals surface area contributed by atoms with E-state index in [9.17, 15) is 4.79 Å². The van der Waals surface area contributed by atoms with Gasteiger partial charge < -0.3 is 10.7 Å². The van der Waals surface area contributed by atoms with E-state index in [-0.39, 0.29) is 11.1 Å². The Hall–Kier alpha value is -1.09. The zero-order valence-corrected chi connectivity index (χ0v) is 15.5. The number of nitrogens with two attached hydrogens (primary N) is 1. The SMILES string of the molecule is Bc1c(Cl)c(B)c2c3c([nH]c2c1B)C(B)(C(N)=O)CCC3(B)B. The number of H-pyrrole nitrogens is 1. The molecule has 0 bridgehead atoms. The third-order valence-electron chi connectivity index (χ3n) is 5.99. The van der Waals surface area contributed by atoms with Crippen molar-refractivity contribution in [1.82, 2.24) is 4.98 Å². The van der Waals surface area contributed by atoms with E-state index in [2.05, 4.69) is 36.4 Å². The van der Waals surface area contributed by atoms with Crippen molar-refractivity contribution in [2.24, 2.45) is 5.73 Å². The number of hydrogen-bond donors (Lipinski definition) is 2. The number of carbonyl (C=O) groups excluding carboxylic acids is 1. The second-order valence-electron chi connectivity index (χ2n) is 7.89. The van der Waals surface area contributed by atoms with Crippen molar-refractivity contribution in [2.45, 2.75) is 23.4 Å². The number of aromatic amines is 1. The smallest absolute Gasteiger partial charge is 0.221 e. The molecule has 112 valence electrons. The van der Waals surface area contributed by atoms with Gasteiger partial charge >= 0.3 is 0 Å². The zero-order chi connectivity index (χ0) is 17.3. The molecule has 3 nitrogen and oxygen atoms in total. The van der Waals surface area contributed by atoms with E-state index in [0.717, 1.165) is 45.5 Å². The van der Waals surface area contributed by atoms with Gasteiger partial charge in [0.1, 0.15) is 47.1 Å². The lowest BCUT2D eigenvalue weighted by Gasteiger charge is -2.40. The van der Waals surface area contributed by atoms with Crippen molar-refractivity contribution < 1.29 is 4.79 Å². The highest BCUT2D eigenvalue weighted by Crippen LogP contribution is 2.44. The lowest BCUT2D eigenvalue weighted by Crippen LogP contribution is -2.49. The Morgan fingerprint density at radius 3 is 2.26 bits per heavy atom. The van der Waals surface area contributed by atoms with Crippen LogP contribution in [-0.2, 0) is 15.3 Å². The van der Waals surface area contributed by atoms with Crippen LogP contribution in [0.15, 0.2) is 0 Å². The molecule has 1 heterocycles. The minimum Gasteiger partial charge on any atom is -0.369 e. The van der Waals surface area contributed by atoms with Crippen molar-refractivity contribution in [3.63, 3.8) is 0 Å². The van der Waals surface area contributed by atoms with Crippen molar-refractivity contribution in [3.8, 4) is 0 Å². The van der Waals surface area contributed by atoms with Crippen LogP contribution in [0.4, 0.5) is 0 Å². The summed E-state index contributed by atoms with van der Waals surface area (Å²) in [7, 11) is 12.6. The van der Waals surface area contributed by atoms with Crippen molar-refractivity contribution >= 4 is 91.9 Å². The predicted octanol–water partition coefficient (Wildman–Crippen LogP) is -5.88. The molecule has 0 radical (unpaired) electrons. The number of aromatic nitrogens is 1. The first-order chi connectivity index (χ1) is 10.5. The first-order valence-electron chi connectivity index (χ1n) is 8.14. The van der Waals surface area contributed by atoms with Gasteiger partial charge in [0, 0.05) is 16.2 Å². The van der Waals surface area contributed by atoms with Gasteiger partial charge in [-0.2, -0.15) is 0 Å². The normalized spacial score (nSPS) is 22.8. The van der Waals surface area contributed by atoms with Crippen LogP contribution in [0, 0.1) is 0 Å². The number of amides is 1. The first-order valence-corrected chi connectivity index (χ1v) is 8.52. The summed E-state index contributed by atoms with van der Waals surface area (Å²) in [6.07, 6.45) is 1.69. The Morgan fingerprint density at radius 2 is 1.70 bits per heavy atom. The summed E-state index contributed by atoms with van der Waals surface area (Å²) >= 11 is 6.58. The number of carbonyl (C=O) groups is 1. The standard InChI is InChI=1S/C13H19B6ClN2O/c14-5-3-4-10(22-9(3)7(16)6(15)8(5)20)12(17,11(21)23)1-2-13(4,18)19/h22H,1-2,14-19H2,(H2,21,23). The lowest BCUT2D eigenvalue weighted by atomic mass is 9.41. The molecule has 10 heteroatoms. The summed E-state index contributed by atoms with van der Waals surface area (Å²) in [5.41, 5.74) is 12.4. The highest BCUT2D eigenvalue weighted by Gasteiger charge is 2.46. The van der Waals surface area contributed by atoms with E-state index in [4.69, 9.17) is 17.3 Å². The molecule has 23 heavy (non-hydrogen) atoms. The molecule has 0 saturated carbocycles. The van der Waals surface area contributed by atoms with Crippen LogP contribution < -0.4 is 22.1 Å². The van der Waals surface area contributed by atoms with Crippen LogP contribution >= 0.6 is 11.6 Å². The van der Waals surface area contributed by atoms with Crippen molar-refractivity contribution in [1.29, 1.82) is 0 Å². The van der Waals surface area contributed by atoms with Gasteiger partial charge in [-0.05, 0) is 17.4 Å². The van der Waals surface area contributed by atoms with Gasteiger partial charge in [0.25, 0.3) is 0 Å². The fourth-order valence-electron chi connectivity index (χ4n) is 4.05. The van der Waals surface area contributed by atoms with Gasteiger partial charge in [0.15, 0.2) is 0 Å². The van der Waals surface area contributed by atoms with Gasteiger partial charge in [-0.3, -0.25) is 4.79 Å². The van der Waals surface area contributed by atoms with Gasteiger partial charge in [-0.15, -0.1) is 0 Å². The van der Waals surface area contributed by atoms with Crippen LogP contribution in [0.1, 0.15) is 24.1 Å². The molecule has 1 atom stereocenters. The molecule has 1 aliphatic rings. The summed E-state index contributed by atoms with van der Waals surface area (Å²) in [6, 6.07) is 0. The minimum atomic E-state index is -0.650. The minimum absolute atomic E-state index is 0.0155. The van der Waals surface area contributed by atoms with Gasteiger partial charge in [0.05, 0.1) is 5.31 Å². The Kier molecular flexibility index (Phi) is 3.61. The second kappa shape index (κ2) is 4.95. The van der Waals surface area contributed by atoms with Crippen molar-refractivity contribution in [3.05, 3.63) is 16.3 Å². The van der Waals surface area contributed by atoms with E-state index in [0.29, 0.717) is 0 Å². The summed E-state index contributed by atoms with van der Waals surface area (Å²) in [5.74, 6) is -0.265. The average molecular weight is 320 g/mol. The van der Waals surface area contributed by atoms with Gasteiger partial charge in [-0.25, -0.2) is 0 Å². The predicted molar refractivity (Wildman–Crippen MR) is 115 cm³/mol. The molecule has 1 amide bonds. The maximum Gasteiger partial charge on any atom is 0.221 e. The van der Waals surface area contributed by atoms with Crippen LogP contribution in [0.5, 0.6) is 0 Å². The van der Waals surface area contributed by atoms with E-state index >= 15 is 0 Å². The molecule has 1 aliphatic carbocycles. The van der Waals surface area contributed by atoms with Gasteiger partial charge in [-0.1, -0.05) is 39.6 Å². The highest BCUT2D eigenvalue weighted by molar-refractivity contribution is 6.63. The molecule has 3 N–H and O–H groups in total. The molecule has 0 fully saturated rings. The molecule has 1 aromatic heterocycles. The van der Waals surface area contributed by atoms with E-state index in [1.165, 1.54) is 10.9 Å². The highest BCUT2D eigenvalue weighted by atomic mass is 35.5. The number of halogens is 1. The molecule has 0 spiro atoms. The lowest BCUT2D eigenvalue weighted by molar-refractivity contribution is -0.121. The van der Waals surface area contributed by atoms with E-state index in [1.54, 1.807) is 0 Å². The summed E-state index contributed by atoms with van der Waals surface area (Å²) < 4.78 is 0. The number of nitrogens with one attached hydrogen (secondary N) is 1. The maximum absolute atomic E-state index is 12.2. The average Bonchev–Trinajstić information content (AvgIpc) is 2.90. The van der Waals surface area contributed by atoms with Crippen LogP contribution in [0.2, 0.25) is 5.02 Å².